The third-order valence-electron chi connectivity index (χ3n) is 3.23. The van der Waals surface area contributed by atoms with Gasteiger partial charge in [-0.15, -0.1) is 0 Å². The molecule has 0 saturated heterocycles. The van der Waals surface area contributed by atoms with Crippen molar-refractivity contribution in [3.8, 4) is 0 Å². The Kier molecular flexibility index (Phi) is 2.10. The van der Waals surface area contributed by atoms with E-state index in [4.69, 9.17) is 0 Å². The van der Waals surface area contributed by atoms with Gasteiger partial charge in [0, 0.05) is 5.92 Å². The molecule has 0 radical (unpaired) electrons. The predicted octanol–water partition coefficient (Wildman–Crippen LogP) is 1.96. The number of esters is 1. The molecular formula is C11H14O3. The van der Waals surface area contributed by atoms with Gasteiger partial charge in [-0.3, -0.25) is 0 Å². The van der Waals surface area contributed by atoms with Crippen LogP contribution in [0.2, 0.25) is 0 Å². The Morgan fingerprint density at radius 2 is 2.21 bits per heavy atom. The van der Waals surface area contributed by atoms with Crippen LogP contribution in [0.3, 0.4) is 0 Å². The summed E-state index contributed by atoms with van der Waals surface area (Å²) in [4.78, 5) is 11.3. The van der Waals surface area contributed by atoms with Gasteiger partial charge in [-0.05, 0) is 25.2 Å². The van der Waals surface area contributed by atoms with Gasteiger partial charge in [0.25, 0.3) is 0 Å². The van der Waals surface area contributed by atoms with Crippen LogP contribution in [0.4, 0.5) is 0 Å². The van der Waals surface area contributed by atoms with Gasteiger partial charge in [0.1, 0.15) is 5.76 Å². The van der Waals surface area contributed by atoms with Crippen molar-refractivity contribution in [1.29, 1.82) is 0 Å². The number of carbonyl (C=O) groups is 1. The highest BCUT2D eigenvalue weighted by atomic mass is 16.5. The molecular weight excluding hydrogens is 180 g/mol. The minimum absolute atomic E-state index is 0.107. The topological polar surface area (TPSA) is 46.5 Å². The van der Waals surface area contributed by atoms with Crippen molar-refractivity contribution >= 4 is 5.97 Å². The number of rotatable bonds is 1. The van der Waals surface area contributed by atoms with Crippen molar-refractivity contribution in [3.63, 3.8) is 0 Å². The molecule has 76 valence electrons. The molecule has 2 bridgehead atoms. The van der Waals surface area contributed by atoms with Crippen molar-refractivity contribution in [2.75, 3.05) is 7.11 Å². The Morgan fingerprint density at radius 1 is 1.50 bits per heavy atom. The van der Waals surface area contributed by atoms with Gasteiger partial charge in [-0.1, -0.05) is 12.2 Å². The minimum Gasteiger partial charge on any atom is -0.511 e. The van der Waals surface area contributed by atoms with E-state index in [0.29, 0.717) is 17.9 Å². The Morgan fingerprint density at radius 3 is 2.86 bits per heavy atom. The monoisotopic (exact) mass is 194 g/mol. The number of allylic oxidation sites excluding steroid dienone is 2. The molecule has 1 fully saturated rings. The Balaban J connectivity index is 2.30. The molecule has 2 aliphatic rings. The lowest BCUT2D eigenvalue weighted by molar-refractivity contribution is -0.136. The fraction of sp³-hybridized carbons (Fsp3) is 0.545. The van der Waals surface area contributed by atoms with Gasteiger partial charge >= 0.3 is 5.97 Å². The molecule has 2 aliphatic carbocycles. The standard InChI is InChI=1S/C11H14O3/c1-6-3-8-4-7(6)5-9(10(8)12)11(13)14-2/h7-8,12H,1,3-5H2,2H3. The second kappa shape index (κ2) is 3.15. The molecule has 2 unspecified atom stereocenters. The maximum atomic E-state index is 11.3. The first-order valence-electron chi connectivity index (χ1n) is 4.81. The molecule has 0 aromatic heterocycles. The highest BCUT2D eigenvalue weighted by molar-refractivity contribution is 5.89. The molecule has 1 saturated carbocycles. The van der Waals surface area contributed by atoms with Gasteiger partial charge in [0.15, 0.2) is 0 Å². The number of ether oxygens (including phenoxy) is 1. The predicted molar refractivity (Wildman–Crippen MR) is 51.6 cm³/mol. The zero-order chi connectivity index (χ0) is 10.3. The third-order valence-corrected chi connectivity index (χ3v) is 3.23. The maximum absolute atomic E-state index is 11.3. The van der Waals surface area contributed by atoms with Crippen LogP contribution in [0.1, 0.15) is 19.3 Å². The molecule has 2 rings (SSSR count). The highest BCUT2D eigenvalue weighted by Crippen LogP contribution is 2.46. The first-order chi connectivity index (χ1) is 6.63. The first-order valence-corrected chi connectivity index (χ1v) is 4.81. The Bertz CT molecular complexity index is 327. The summed E-state index contributed by atoms with van der Waals surface area (Å²) in [6, 6.07) is 0. The fourth-order valence-electron chi connectivity index (χ4n) is 2.42. The second-order valence-corrected chi connectivity index (χ2v) is 4.05. The average molecular weight is 194 g/mol. The van der Waals surface area contributed by atoms with Crippen LogP contribution in [-0.2, 0) is 9.53 Å². The number of aliphatic hydroxyl groups is 1. The summed E-state index contributed by atoms with van der Waals surface area (Å²) in [5, 5.41) is 9.81. The summed E-state index contributed by atoms with van der Waals surface area (Å²) < 4.78 is 4.63. The zero-order valence-corrected chi connectivity index (χ0v) is 8.25. The van der Waals surface area contributed by atoms with E-state index in [0.717, 1.165) is 18.4 Å². The lowest BCUT2D eigenvalue weighted by Gasteiger charge is -2.20. The third kappa shape index (κ3) is 1.24. The molecule has 3 nitrogen and oxygen atoms in total. The van der Waals surface area contributed by atoms with Crippen LogP contribution in [0.5, 0.6) is 0 Å². The van der Waals surface area contributed by atoms with Crippen LogP contribution < -0.4 is 0 Å². The number of hydrogen-bond donors (Lipinski definition) is 1. The molecule has 0 aliphatic heterocycles. The summed E-state index contributed by atoms with van der Waals surface area (Å²) in [5.41, 5.74) is 1.60. The van der Waals surface area contributed by atoms with Crippen molar-refractivity contribution in [3.05, 3.63) is 23.5 Å². The summed E-state index contributed by atoms with van der Waals surface area (Å²) >= 11 is 0. The summed E-state index contributed by atoms with van der Waals surface area (Å²) in [5.74, 6) is 0.305. The molecule has 3 heteroatoms. The Labute approximate surface area is 83.1 Å². The van der Waals surface area contributed by atoms with Gasteiger partial charge in [-0.2, -0.15) is 0 Å². The minimum atomic E-state index is -0.396. The largest absolute Gasteiger partial charge is 0.511 e. The van der Waals surface area contributed by atoms with Gasteiger partial charge in [0.2, 0.25) is 0 Å². The zero-order valence-electron chi connectivity index (χ0n) is 8.25. The summed E-state index contributed by atoms with van der Waals surface area (Å²) in [7, 11) is 1.34. The lowest BCUT2D eigenvalue weighted by Crippen LogP contribution is -2.18. The van der Waals surface area contributed by atoms with Crippen LogP contribution in [0, 0.1) is 11.8 Å². The fourth-order valence-corrected chi connectivity index (χ4v) is 2.42. The van der Waals surface area contributed by atoms with Crippen molar-refractivity contribution in [2.24, 2.45) is 11.8 Å². The number of methoxy groups -OCH3 is 1. The maximum Gasteiger partial charge on any atom is 0.337 e. The molecule has 0 spiro atoms. The van der Waals surface area contributed by atoms with Crippen molar-refractivity contribution in [1.82, 2.24) is 0 Å². The van der Waals surface area contributed by atoms with E-state index in [2.05, 4.69) is 11.3 Å². The van der Waals surface area contributed by atoms with E-state index in [1.807, 2.05) is 0 Å². The average Bonchev–Trinajstić information content (AvgIpc) is 2.49. The summed E-state index contributed by atoms with van der Waals surface area (Å²) in [6.45, 7) is 3.96. The molecule has 0 amide bonds. The SMILES string of the molecule is C=C1CC2CC1CC(C(=O)OC)=C2O. The first kappa shape index (κ1) is 9.31. The Hall–Kier alpha value is -1.25. The number of aliphatic hydroxyl groups excluding tert-OH is 1. The van der Waals surface area contributed by atoms with Gasteiger partial charge in [-0.25, -0.2) is 4.79 Å². The molecule has 0 aromatic rings. The van der Waals surface area contributed by atoms with E-state index < -0.39 is 5.97 Å². The number of carbonyl (C=O) groups excluding carboxylic acids is 1. The normalized spacial score (nSPS) is 30.8. The lowest BCUT2D eigenvalue weighted by atomic mass is 9.87. The van der Waals surface area contributed by atoms with Crippen molar-refractivity contribution in [2.45, 2.75) is 19.3 Å². The van der Waals surface area contributed by atoms with Crippen molar-refractivity contribution < 1.29 is 14.6 Å². The van der Waals surface area contributed by atoms with E-state index in [9.17, 15) is 9.90 Å². The number of fused-ring (bicyclic) bond motifs is 2. The number of hydrogen-bond acceptors (Lipinski definition) is 3. The molecule has 0 heterocycles. The van der Waals surface area contributed by atoms with E-state index in [1.165, 1.54) is 7.11 Å². The van der Waals surface area contributed by atoms with E-state index in [-0.39, 0.29) is 11.7 Å². The smallest absolute Gasteiger partial charge is 0.337 e. The van der Waals surface area contributed by atoms with Crippen LogP contribution in [0.15, 0.2) is 23.5 Å². The van der Waals surface area contributed by atoms with Crippen LogP contribution >= 0.6 is 0 Å². The molecule has 14 heavy (non-hydrogen) atoms. The van der Waals surface area contributed by atoms with Gasteiger partial charge in [0.05, 0.1) is 12.7 Å². The molecule has 1 N–H and O–H groups in total. The summed E-state index contributed by atoms with van der Waals surface area (Å²) in [6.07, 6.45) is 2.34. The van der Waals surface area contributed by atoms with E-state index >= 15 is 0 Å². The van der Waals surface area contributed by atoms with E-state index in [1.54, 1.807) is 0 Å². The van der Waals surface area contributed by atoms with Crippen LogP contribution in [0.25, 0.3) is 0 Å². The quantitative estimate of drug-likeness (QED) is 0.512. The highest BCUT2D eigenvalue weighted by Gasteiger charge is 2.39. The molecule has 2 atom stereocenters. The second-order valence-electron chi connectivity index (χ2n) is 4.05. The van der Waals surface area contributed by atoms with Gasteiger partial charge < -0.3 is 9.84 Å². The molecule has 0 aromatic carbocycles. The van der Waals surface area contributed by atoms with Crippen LogP contribution in [-0.4, -0.2) is 18.2 Å².